The molecule has 0 radical (unpaired) electrons. The Morgan fingerprint density at radius 2 is 2.08 bits per heavy atom. The molecule has 0 aliphatic carbocycles. The molecule has 186 valence electrons. The number of fused-ring (bicyclic) bond motifs is 1. The van der Waals surface area contributed by atoms with Crippen LogP contribution in [0.25, 0.3) is 17.0 Å². The van der Waals surface area contributed by atoms with Gasteiger partial charge in [0.25, 0.3) is 5.91 Å². The van der Waals surface area contributed by atoms with Gasteiger partial charge in [-0.25, -0.2) is 0 Å². The topological polar surface area (TPSA) is 75.6 Å². The van der Waals surface area contributed by atoms with Crippen LogP contribution in [0.2, 0.25) is 0 Å². The summed E-state index contributed by atoms with van der Waals surface area (Å²) in [6.07, 6.45) is 5.79. The van der Waals surface area contributed by atoms with Gasteiger partial charge in [-0.05, 0) is 86.4 Å². The second-order valence-electron chi connectivity index (χ2n) is 9.21. The van der Waals surface area contributed by atoms with Gasteiger partial charge in [-0.15, -0.1) is 0 Å². The van der Waals surface area contributed by atoms with Crippen molar-refractivity contribution in [3.63, 3.8) is 0 Å². The number of nitrogens with one attached hydrogen (secondary N) is 2. The number of ether oxygens (including phenoxy) is 1. The van der Waals surface area contributed by atoms with E-state index in [9.17, 15) is 9.59 Å². The smallest absolute Gasteiger partial charge is 0.281 e. The zero-order chi connectivity index (χ0) is 25.4. The van der Waals surface area contributed by atoms with Crippen molar-refractivity contribution in [3.05, 3.63) is 69.5 Å². The minimum Gasteiger partial charge on any atom is -0.376 e. The molecule has 2 aliphatic heterocycles. The first-order chi connectivity index (χ1) is 17.3. The van der Waals surface area contributed by atoms with Gasteiger partial charge in [0.2, 0.25) is 5.91 Å². The van der Waals surface area contributed by atoms with Crippen LogP contribution in [0.1, 0.15) is 29.5 Å². The second kappa shape index (κ2) is 10.2. The number of hydrogen-bond donors (Lipinski definition) is 2. The molecule has 7 nitrogen and oxygen atoms in total. The van der Waals surface area contributed by atoms with Gasteiger partial charge in [-0.1, -0.05) is 22.0 Å². The summed E-state index contributed by atoms with van der Waals surface area (Å²) in [4.78, 5) is 27.5. The molecule has 0 spiro atoms. The fourth-order valence-corrected chi connectivity index (χ4v) is 5.24. The van der Waals surface area contributed by atoms with E-state index in [0.717, 1.165) is 57.2 Å². The van der Waals surface area contributed by atoms with Gasteiger partial charge in [0, 0.05) is 40.3 Å². The van der Waals surface area contributed by atoms with E-state index in [1.54, 1.807) is 6.08 Å². The predicted octanol–water partition coefficient (Wildman–Crippen LogP) is 4.58. The summed E-state index contributed by atoms with van der Waals surface area (Å²) in [6.45, 7) is 5.49. The Kier molecular flexibility index (Phi) is 6.96. The fraction of sp³-hybridized carbons (Fsp3) is 0.296. The maximum Gasteiger partial charge on any atom is 0.281 e. The van der Waals surface area contributed by atoms with E-state index in [0.29, 0.717) is 17.4 Å². The largest absolute Gasteiger partial charge is 0.376 e. The van der Waals surface area contributed by atoms with E-state index < -0.39 is 0 Å². The third-order valence-corrected chi connectivity index (χ3v) is 7.44. The molecule has 9 heteroatoms. The fourth-order valence-electron chi connectivity index (χ4n) is 4.58. The second-order valence-corrected chi connectivity index (χ2v) is 10.5. The Morgan fingerprint density at radius 1 is 1.25 bits per heavy atom. The molecule has 0 unspecified atom stereocenters. The zero-order valence-corrected chi connectivity index (χ0v) is 22.5. The molecule has 2 aromatic carbocycles. The Hall–Kier alpha value is -3.01. The van der Waals surface area contributed by atoms with Crippen LogP contribution >= 0.6 is 28.1 Å². The molecule has 2 amide bonds. The molecule has 2 saturated heterocycles. The number of thiocarbonyl (C=S) groups is 1. The monoisotopic (exact) mass is 566 g/mol. The SMILES string of the molecule is Cc1ccc(N2C(=O)/C(=C/c3cn(CC(=O)NC[C@H]4CCCO4)c4ccc(Br)cc34)NC2=S)cc1C. The molecule has 5 rings (SSSR count). The molecule has 36 heavy (non-hydrogen) atoms. The van der Waals surface area contributed by atoms with Crippen molar-refractivity contribution in [3.8, 4) is 0 Å². The highest BCUT2D eigenvalue weighted by atomic mass is 79.9. The van der Waals surface area contributed by atoms with Crippen molar-refractivity contribution < 1.29 is 14.3 Å². The summed E-state index contributed by atoms with van der Waals surface area (Å²) in [5, 5.41) is 7.31. The number of aromatic nitrogens is 1. The Morgan fingerprint density at radius 3 is 2.83 bits per heavy atom. The zero-order valence-electron chi connectivity index (χ0n) is 20.1. The maximum atomic E-state index is 13.3. The first-order valence-electron chi connectivity index (χ1n) is 11.9. The minimum atomic E-state index is -0.214. The number of amides is 2. The van der Waals surface area contributed by atoms with Crippen molar-refractivity contribution in [2.45, 2.75) is 39.3 Å². The summed E-state index contributed by atoms with van der Waals surface area (Å²) in [5.74, 6) is -0.296. The van der Waals surface area contributed by atoms with Crippen molar-refractivity contribution in [1.82, 2.24) is 15.2 Å². The number of carbonyl (C=O) groups excluding carboxylic acids is 2. The van der Waals surface area contributed by atoms with E-state index >= 15 is 0 Å². The molecule has 0 bridgehead atoms. The Balaban J connectivity index is 1.42. The van der Waals surface area contributed by atoms with Crippen LogP contribution < -0.4 is 15.5 Å². The minimum absolute atomic E-state index is 0.0818. The Labute approximate surface area is 223 Å². The number of hydrogen-bond acceptors (Lipinski definition) is 4. The number of rotatable bonds is 6. The summed E-state index contributed by atoms with van der Waals surface area (Å²) in [6, 6.07) is 11.7. The summed E-state index contributed by atoms with van der Waals surface area (Å²) >= 11 is 9.04. The molecule has 0 saturated carbocycles. The lowest BCUT2D eigenvalue weighted by atomic mass is 10.1. The Bertz CT molecular complexity index is 1410. The van der Waals surface area contributed by atoms with E-state index in [4.69, 9.17) is 17.0 Å². The molecule has 1 atom stereocenters. The quantitative estimate of drug-likeness (QED) is 0.337. The lowest BCUT2D eigenvalue weighted by Crippen LogP contribution is -2.34. The number of benzene rings is 2. The number of nitrogens with zero attached hydrogens (tertiary/aromatic N) is 2. The number of aryl methyl sites for hydroxylation is 2. The maximum absolute atomic E-state index is 13.3. The summed E-state index contributed by atoms with van der Waals surface area (Å²) < 4.78 is 8.41. The average Bonchev–Trinajstić information content (AvgIpc) is 3.54. The predicted molar refractivity (Wildman–Crippen MR) is 149 cm³/mol. The molecule has 3 heterocycles. The molecular formula is C27H27BrN4O3S. The van der Waals surface area contributed by atoms with E-state index in [1.807, 2.05) is 61.0 Å². The molecule has 1 aromatic heterocycles. The van der Waals surface area contributed by atoms with Crippen LogP contribution in [0.4, 0.5) is 5.69 Å². The lowest BCUT2D eigenvalue weighted by molar-refractivity contribution is -0.122. The first kappa shape index (κ1) is 24.7. The van der Waals surface area contributed by atoms with Gasteiger partial charge in [0.1, 0.15) is 12.2 Å². The first-order valence-corrected chi connectivity index (χ1v) is 13.1. The molecular weight excluding hydrogens is 540 g/mol. The number of halogens is 1. The van der Waals surface area contributed by atoms with Gasteiger partial charge < -0.3 is 19.9 Å². The molecule has 3 aromatic rings. The van der Waals surface area contributed by atoms with E-state index in [2.05, 4.69) is 26.6 Å². The molecule has 2 N–H and O–H groups in total. The van der Waals surface area contributed by atoms with Gasteiger partial charge in [-0.3, -0.25) is 14.5 Å². The average molecular weight is 568 g/mol. The summed E-state index contributed by atoms with van der Waals surface area (Å²) in [5.41, 5.74) is 5.08. The van der Waals surface area contributed by atoms with Gasteiger partial charge in [0.15, 0.2) is 5.11 Å². The van der Waals surface area contributed by atoms with E-state index in [1.165, 1.54) is 4.90 Å². The van der Waals surface area contributed by atoms with Crippen molar-refractivity contribution in [1.29, 1.82) is 0 Å². The van der Waals surface area contributed by atoms with Crippen molar-refractivity contribution in [2.24, 2.45) is 0 Å². The highest BCUT2D eigenvalue weighted by Gasteiger charge is 2.32. The van der Waals surface area contributed by atoms with Gasteiger partial charge >= 0.3 is 0 Å². The molecule has 2 fully saturated rings. The van der Waals surface area contributed by atoms with Gasteiger partial charge in [-0.2, -0.15) is 0 Å². The van der Waals surface area contributed by atoms with Crippen molar-refractivity contribution >= 4 is 67.7 Å². The van der Waals surface area contributed by atoms with Crippen LogP contribution in [0.3, 0.4) is 0 Å². The normalized spacial score (nSPS) is 18.9. The van der Waals surface area contributed by atoms with Gasteiger partial charge in [0.05, 0.1) is 11.8 Å². The number of anilines is 1. The third kappa shape index (κ3) is 4.96. The highest BCUT2D eigenvalue weighted by molar-refractivity contribution is 9.10. The number of carbonyl (C=O) groups is 2. The van der Waals surface area contributed by atoms with Crippen LogP contribution in [-0.2, 0) is 20.9 Å². The highest BCUT2D eigenvalue weighted by Crippen LogP contribution is 2.29. The lowest BCUT2D eigenvalue weighted by Gasteiger charge is -2.15. The van der Waals surface area contributed by atoms with Crippen LogP contribution in [-0.4, -0.2) is 40.7 Å². The third-order valence-electron chi connectivity index (χ3n) is 6.67. The standard InChI is InChI=1S/C27H27BrN4O3S/c1-16-5-7-20(10-17(16)2)32-26(34)23(30-27(32)36)11-18-14-31(24-8-6-19(28)12-22(18)24)15-25(33)29-13-21-4-3-9-35-21/h5-8,10-12,14,21H,3-4,9,13,15H2,1-2H3,(H,29,33)(H,30,36)/b23-11-/t21-/m1/s1. The van der Waals surface area contributed by atoms with E-state index in [-0.39, 0.29) is 24.5 Å². The summed E-state index contributed by atoms with van der Waals surface area (Å²) in [7, 11) is 0. The molecule has 2 aliphatic rings. The van der Waals surface area contributed by atoms with Crippen molar-refractivity contribution in [2.75, 3.05) is 18.1 Å². The van der Waals surface area contributed by atoms with Crippen LogP contribution in [0.5, 0.6) is 0 Å². The van der Waals surface area contributed by atoms with Crippen LogP contribution in [0.15, 0.2) is 52.8 Å². The van der Waals surface area contributed by atoms with Crippen LogP contribution in [0, 0.1) is 13.8 Å².